The summed E-state index contributed by atoms with van der Waals surface area (Å²) >= 11 is 0. The summed E-state index contributed by atoms with van der Waals surface area (Å²) in [6.07, 6.45) is 0. The largest absolute Gasteiger partial charge is 0.248 e. The Morgan fingerprint density at radius 2 is 0.750 bits per heavy atom. The zero-order valence-corrected chi connectivity index (χ0v) is 23.9. The van der Waals surface area contributed by atoms with E-state index in [0.29, 0.717) is 5.82 Å². The minimum Gasteiger partial charge on any atom is -0.248 e. The second-order valence-corrected chi connectivity index (χ2v) is 10.9. The average molecular weight is 562 g/mol. The molecule has 0 aliphatic carbocycles. The maximum absolute atomic E-state index is 5.01. The lowest BCUT2D eigenvalue weighted by atomic mass is 10.0. The highest BCUT2D eigenvalue weighted by Gasteiger charge is 2.12. The maximum Gasteiger partial charge on any atom is 0.160 e. The van der Waals surface area contributed by atoms with E-state index in [1.54, 1.807) is 0 Å². The van der Waals surface area contributed by atoms with Crippen molar-refractivity contribution in [3.8, 4) is 56.3 Å². The molecule has 44 heavy (non-hydrogen) atoms. The van der Waals surface area contributed by atoms with Gasteiger partial charge in [-0.2, -0.15) is 0 Å². The van der Waals surface area contributed by atoms with Crippen LogP contribution in [0.3, 0.4) is 0 Å². The van der Waals surface area contributed by atoms with Gasteiger partial charge in [0, 0.05) is 27.6 Å². The van der Waals surface area contributed by atoms with Crippen LogP contribution in [-0.2, 0) is 0 Å². The lowest BCUT2D eigenvalue weighted by molar-refractivity contribution is 1.18. The molecule has 0 spiro atoms. The lowest BCUT2D eigenvalue weighted by Gasteiger charge is -2.11. The Balaban J connectivity index is 1.16. The molecule has 0 aliphatic heterocycles. The second kappa shape index (κ2) is 11.0. The fourth-order valence-electron chi connectivity index (χ4n) is 5.71. The van der Waals surface area contributed by atoms with E-state index in [4.69, 9.17) is 15.0 Å². The quantitative estimate of drug-likeness (QED) is 0.196. The van der Waals surface area contributed by atoms with Gasteiger partial charge in [0.2, 0.25) is 0 Å². The molecule has 0 bridgehead atoms. The Morgan fingerprint density at radius 1 is 0.273 bits per heavy atom. The fourth-order valence-corrected chi connectivity index (χ4v) is 5.71. The van der Waals surface area contributed by atoms with E-state index in [1.807, 2.05) is 24.3 Å². The van der Waals surface area contributed by atoms with Crippen LogP contribution in [0.25, 0.3) is 78.0 Å². The molecule has 2 heterocycles. The molecule has 0 fully saturated rings. The van der Waals surface area contributed by atoms with Crippen molar-refractivity contribution in [2.45, 2.75) is 0 Å². The Labute approximate surface area is 256 Å². The fraction of sp³-hybridized carbons (Fsp3) is 0. The molecule has 3 heteroatoms. The van der Waals surface area contributed by atoms with E-state index in [1.165, 1.54) is 21.9 Å². The van der Waals surface area contributed by atoms with Crippen LogP contribution in [0.1, 0.15) is 0 Å². The molecule has 0 aliphatic rings. The second-order valence-electron chi connectivity index (χ2n) is 10.9. The van der Waals surface area contributed by atoms with Gasteiger partial charge in [-0.25, -0.2) is 15.0 Å². The van der Waals surface area contributed by atoms with Gasteiger partial charge in [0.15, 0.2) is 5.82 Å². The summed E-state index contributed by atoms with van der Waals surface area (Å²) in [4.78, 5) is 15.0. The molecule has 0 saturated carbocycles. The third kappa shape index (κ3) is 5.01. The summed E-state index contributed by atoms with van der Waals surface area (Å²) in [5.74, 6) is 0.706. The van der Waals surface area contributed by atoms with Gasteiger partial charge in [-0.15, -0.1) is 0 Å². The van der Waals surface area contributed by atoms with Crippen molar-refractivity contribution in [2.24, 2.45) is 0 Å². The number of aromatic nitrogens is 3. The van der Waals surface area contributed by atoms with Crippen LogP contribution < -0.4 is 0 Å². The number of fused-ring (bicyclic) bond motifs is 2. The number of hydrogen-bond donors (Lipinski definition) is 0. The van der Waals surface area contributed by atoms with Crippen molar-refractivity contribution in [1.29, 1.82) is 0 Å². The van der Waals surface area contributed by atoms with Crippen molar-refractivity contribution < 1.29 is 0 Å². The first kappa shape index (κ1) is 25.8. The first-order chi connectivity index (χ1) is 21.8. The van der Waals surface area contributed by atoms with Crippen molar-refractivity contribution >= 4 is 21.7 Å². The van der Waals surface area contributed by atoms with Crippen molar-refractivity contribution in [3.05, 3.63) is 164 Å². The van der Waals surface area contributed by atoms with Crippen molar-refractivity contribution in [1.82, 2.24) is 15.0 Å². The number of nitrogens with zero attached hydrogens (tertiary/aromatic N) is 3. The number of hydrogen-bond acceptors (Lipinski definition) is 3. The minimum absolute atomic E-state index is 0.706. The Kier molecular flexibility index (Phi) is 6.47. The zero-order valence-electron chi connectivity index (χ0n) is 23.9. The van der Waals surface area contributed by atoms with Crippen LogP contribution in [0.5, 0.6) is 0 Å². The normalized spacial score (nSPS) is 11.2. The Bertz CT molecular complexity index is 2240. The summed E-state index contributed by atoms with van der Waals surface area (Å²) < 4.78 is 0. The lowest BCUT2D eigenvalue weighted by Crippen LogP contribution is -1.96. The standard InChI is InChI=1S/C41H27N3/c1-3-9-28(10-4-1)29-15-17-31(18-16-29)39-27-40(44-41(43-39)33-11-5-2-6-12-33)32-21-19-30(20-22-32)37-24-23-36-25-34-13-7-8-14-35(34)26-38(36)42-37/h1-27H. The molecule has 8 rings (SSSR count). The van der Waals surface area contributed by atoms with Gasteiger partial charge in [0.25, 0.3) is 0 Å². The van der Waals surface area contributed by atoms with E-state index < -0.39 is 0 Å². The van der Waals surface area contributed by atoms with Crippen molar-refractivity contribution in [2.75, 3.05) is 0 Å². The molecular formula is C41H27N3. The van der Waals surface area contributed by atoms with Gasteiger partial charge in [-0.05, 0) is 46.2 Å². The zero-order chi connectivity index (χ0) is 29.3. The number of rotatable bonds is 5. The molecular weight excluding hydrogens is 534 g/mol. The summed E-state index contributed by atoms with van der Waals surface area (Å²) in [7, 11) is 0. The van der Waals surface area contributed by atoms with E-state index >= 15 is 0 Å². The highest BCUT2D eigenvalue weighted by atomic mass is 14.9. The van der Waals surface area contributed by atoms with E-state index in [0.717, 1.165) is 50.2 Å². The monoisotopic (exact) mass is 561 g/mol. The van der Waals surface area contributed by atoms with Crippen LogP contribution in [0, 0.1) is 0 Å². The molecule has 206 valence electrons. The van der Waals surface area contributed by atoms with E-state index in [2.05, 4.69) is 140 Å². The molecule has 0 N–H and O–H groups in total. The van der Waals surface area contributed by atoms with Gasteiger partial charge in [0.05, 0.1) is 22.6 Å². The predicted octanol–water partition coefficient (Wildman–Crippen LogP) is 10.5. The third-order valence-corrected chi connectivity index (χ3v) is 8.08. The number of pyridine rings is 1. The van der Waals surface area contributed by atoms with Crippen LogP contribution in [0.4, 0.5) is 0 Å². The van der Waals surface area contributed by atoms with Gasteiger partial charge < -0.3 is 0 Å². The summed E-state index contributed by atoms with van der Waals surface area (Å²) in [5, 5.41) is 3.57. The van der Waals surface area contributed by atoms with Crippen LogP contribution in [0.15, 0.2) is 164 Å². The highest BCUT2D eigenvalue weighted by molar-refractivity contribution is 5.97. The molecule has 0 atom stereocenters. The molecule has 3 nitrogen and oxygen atoms in total. The van der Waals surface area contributed by atoms with Gasteiger partial charge >= 0.3 is 0 Å². The predicted molar refractivity (Wildman–Crippen MR) is 182 cm³/mol. The SMILES string of the molecule is c1ccc(-c2ccc(-c3cc(-c4ccc(-c5ccc6cc7ccccc7cc6n5)cc4)nc(-c4ccccc4)n3)cc2)cc1. The topological polar surface area (TPSA) is 38.7 Å². The van der Waals surface area contributed by atoms with E-state index in [-0.39, 0.29) is 0 Å². The molecule has 8 aromatic rings. The molecule has 0 saturated heterocycles. The molecule has 0 unspecified atom stereocenters. The Morgan fingerprint density at radius 3 is 1.36 bits per heavy atom. The summed E-state index contributed by atoms with van der Waals surface area (Å²) in [5.41, 5.74) is 10.2. The van der Waals surface area contributed by atoms with Gasteiger partial charge in [-0.1, -0.05) is 140 Å². The molecule has 6 aromatic carbocycles. The van der Waals surface area contributed by atoms with Crippen LogP contribution in [-0.4, -0.2) is 15.0 Å². The average Bonchev–Trinajstić information content (AvgIpc) is 3.11. The van der Waals surface area contributed by atoms with Crippen LogP contribution in [0.2, 0.25) is 0 Å². The smallest absolute Gasteiger partial charge is 0.160 e. The molecule has 0 amide bonds. The molecule has 0 radical (unpaired) electrons. The van der Waals surface area contributed by atoms with Gasteiger partial charge in [-0.3, -0.25) is 0 Å². The highest BCUT2D eigenvalue weighted by Crippen LogP contribution is 2.31. The first-order valence-electron chi connectivity index (χ1n) is 14.8. The maximum atomic E-state index is 5.01. The summed E-state index contributed by atoms with van der Waals surface area (Å²) in [6.45, 7) is 0. The minimum atomic E-state index is 0.706. The van der Waals surface area contributed by atoms with Crippen molar-refractivity contribution in [3.63, 3.8) is 0 Å². The first-order valence-corrected chi connectivity index (χ1v) is 14.8. The Hall–Kier alpha value is -5.93. The molecule has 2 aromatic heterocycles. The number of benzene rings is 6. The third-order valence-electron chi connectivity index (χ3n) is 8.08. The van der Waals surface area contributed by atoms with Gasteiger partial charge in [0.1, 0.15) is 0 Å². The summed E-state index contributed by atoms with van der Waals surface area (Å²) in [6, 6.07) is 56.8. The van der Waals surface area contributed by atoms with Crippen LogP contribution >= 0.6 is 0 Å². The van der Waals surface area contributed by atoms with E-state index in [9.17, 15) is 0 Å².